The quantitative estimate of drug-likeness (QED) is 0.839. The van der Waals surface area contributed by atoms with E-state index >= 15 is 0 Å². The first-order valence-corrected chi connectivity index (χ1v) is 6.57. The molecule has 0 amide bonds. The van der Waals surface area contributed by atoms with Crippen LogP contribution in [0.25, 0.3) is 0 Å². The number of aromatic nitrogens is 2. The Kier molecular flexibility index (Phi) is 4.49. The second kappa shape index (κ2) is 6.11. The number of aliphatic hydroxyl groups is 2. The van der Waals surface area contributed by atoms with Crippen LogP contribution in [0.15, 0.2) is 6.07 Å². The van der Waals surface area contributed by atoms with Crippen LogP contribution in [0, 0.1) is 6.92 Å². The van der Waals surface area contributed by atoms with Crippen LogP contribution < -0.4 is 4.90 Å². The minimum atomic E-state index is -0.0754. The maximum Gasteiger partial charge on any atom is 0.226 e. The normalized spacial score (nSPS) is 20.8. The molecule has 5 nitrogen and oxygen atoms in total. The van der Waals surface area contributed by atoms with Crippen LogP contribution >= 0.6 is 0 Å². The summed E-state index contributed by atoms with van der Waals surface area (Å²) >= 11 is 0. The molecule has 0 spiro atoms. The summed E-state index contributed by atoms with van der Waals surface area (Å²) in [7, 11) is 0. The molecule has 1 aliphatic heterocycles. The second-order valence-corrected chi connectivity index (χ2v) is 4.84. The average Bonchev–Trinajstić information content (AvgIpc) is 2.62. The van der Waals surface area contributed by atoms with E-state index in [1.54, 1.807) is 6.07 Å². The Morgan fingerprint density at radius 3 is 2.83 bits per heavy atom. The van der Waals surface area contributed by atoms with E-state index in [0.717, 1.165) is 31.5 Å². The van der Waals surface area contributed by atoms with Gasteiger partial charge in [0.05, 0.1) is 24.9 Å². The van der Waals surface area contributed by atoms with Crippen molar-refractivity contribution in [3.63, 3.8) is 0 Å². The van der Waals surface area contributed by atoms with Gasteiger partial charge in [-0.05, 0) is 25.8 Å². The van der Waals surface area contributed by atoms with Crippen LogP contribution in [-0.2, 0) is 6.61 Å². The summed E-state index contributed by atoms with van der Waals surface area (Å²) in [6.07, 6.45) is 4.40. The van der Waals surface area contributed by atoms with Crippen molar-refractivity contribution >= 4 is 5.95 Å². The number of aryl methyl sites for hydroxylation is 1. The molecule has 0 saturated carbocycles. The summed E-state index contributed by atoms with van der Waals surface area (Å²) < 4.78 is 0. The molecule has 0 aromatic carbocycles. The molecule has 1 aromatic heterocycles. The highest BCUT2D eigenvalue weighted by atomic mass is 16.3. The first kappa shape index (κ1) is 13.2. The fourth-order valence-corrected chi connectivity index (χ4v) is 2.46. The summed E-state index contributed by atoms with van der Waals surface area (Å²) in [5, 5.41) is 18.7. The van der Waals surface area contributed by atoms with Gasteiger partial charge in [0.15, 0.2) is 0 Å². The Hall–Kier alpha value is -1.20. The first-order valence-electron chi connectivity index (χ1n) is 6.57. The van der Waals surface area contributed by atoms with Crippen molar-refractivity contribution in [2.75, 3.05) is 18.1 Å². The molecule has 2 N–H and O–H groups in total. The Morgan fingerprint density at radius 1 is 1.28 bits per heavy atom. The van der Waals surface area contributed by atoms with Crippen LogP contribution in [0.2, 0.25) is 0 Å². The van der Waals surface area contributed by atoms with E-state index in [1.165, 1.54) is 6.42 Å². The molecule has 0 aliphatic carbocycles. The van der Waals surface area contributed by atoms with E-state index < -0.39 is 0 Å². The van der Waals surface area contributed by atoms with E-state index in [-0.39, 0.29) is 19.3 Å². The maximum absolute atomic E-state index is 9.50. The minimum Gasteiger partial charge on any atom is -0.394 e. The van der Waals surface area contributed by atoms with E-state index in [0.29, 0.717) is 11.6 Å². The summed E-state index contributed by atoms with van der Waals surface area (Å²) in [4.78, 5) is 10.9. The highest BCUT2D eigenvalue weighted by Crippen LogP contribution is 2.21. The van der Waals surface area contributed by atoms with Crippen LogP contribution in [0.4, 0.5) is 5.95 Å². The van der Waals surface area contributed by atoms with Crippen LogP contribution in [-0.4, -0.2) is 39.4 Å². The molecule has 1 unspecified atom stereocenters. The molecular formula is C13H21N3O2. The van der Waals surface area contributed by atoms with Gasteiger partial charge in [-0.2, -0.15) is 0 Å². The highest BCUT2D eigenvalue weighted by molar-refractivity contribution is 5.34. The van der Waals surface area contributed by atoms with Gasteiger partial charge in [0.2, 0.25) is 5.95 Å². The van der Waals surface area contributed by atoms with Crippen LogP contribution in [0.5, 0.6) is 0 Å². The summed E-state index contributed by atoms with van der Waals surface area (Å²) in [6, 6.07) is 1.88. The average molecular weight is 251 g/mol. The lowest BCUT2D eigenvalue weighted by Crippen LogP contribution is -2.39. The largest absolute Gasteiger partial charge is 0.394 e. The van der Waals surface area contributed by atoms with Crippen molar-refractivity contribution in [3.05, 3.63) is 17.5 Å². The van der Waals surface area contributed by atoms with Gasteiger partial charge in [0.1, 0.15) is 0 Å². The molecule has 0 bridgehead atoms. The van der Waals surface area contributed by atoms with Gasteiger partial charge in [0, 0.05) is 12.2 Å². The van der Waals surface area contributed by atoms with Crippen molar-refractivity contribution in [2.24, 2.45) is 0 Å². The van der Waals surface area contributed by atoms with E-state index in [1.807, 2.05) is 6.92 Å². The Bertz CT molecular complexity index is 398. The van der Waals surface area contributed by atoms with E-state index in [2.05, 4.69) is 14.9 Å². The number of rotatable bonds is 3. The third-order valence-corrected chi connectivity index (χ3v) is 3.40. The summed E-state index contributed by atoms with van der Waals surface area (Å²) in [5.74, 6) is 0.639. The molecule has 0 radical (unpaired) electrons. The number of hydrogen-bond acceptors (Lipinski definition) is 5. The monoisotopic (exact) mass is 251 g/mol. The standard InChI is InChI=1S/C13H21N3O2/c1-10-7-11(8-17)15-13(14-10)16-6-4-2-3-5-12(16)9-18/h7,12,17-18H,2-6,8-9H2,1H3. The van der Waals surface area contributed by atoms with Gasteiger partial charge in [-0.25, -0.2) is 9.97 Å². The molecule has 1 aromatic rings. The van der Waals surface area contributed by atoms with Gasteiger partial charge in [-0.3, -0.25) is 0 Å². The van der Waals surface area contributed by atoms with E-state index in [9.17, 15) is 10.2 Å². The SMILES string of the molecule is Cc1cc(CO)nc(N2CCCCCC2CO)n1. The van der Waals surface area contributed by atoms with Crippen LogP contribution in [0.3, 0.4) is 0 Å². The molecule has 100 valence electrons. The molecule has 1 atom stereocenters. The Balaban J connectivity index is 2.29. The van der Waals surface area contributed by atoms with Gasteiger partial charge in [-0.1, -0.05) is 12.8 Å². The smallest absolute Gasteiger partial charge is 0.226 e. The first-order chi connectivity index (χ1) is 8.74. The lowest BCUT2D eigenvalue weighted by atomic mass is 10.1. The number of anilines is 1. The molecule has 5 heteroatoms. The van der Waals surface area contributed by atoms with Gasteiger partial charge in [0.25, 0.3) is 0 Å². The fourth-order valence-electron chi connectivity index (χ4n) is 2.46. The zero-order chi connectivity index (χ0) is 13.0. The topological polar surface area (TPSA) is 69.5 Å². The highest BCUT2D eigenvalue weighted by Gasteiger charge is 2.23. The fraction of sp³-hybridized carbons (Fsp3) is 0.692. The number of nitrogens with zero attached hydrogens (tertiary/aromatic N) is 3. The number of hydrogen-bond donors (Lipinski definition) is 2. The molecular weight excluding hydrogens is 230 g/mol. The molecule has 18 heavy (non-hydrogen) atoms. The zero-order valence-corrected chi connectivity index (χ0v) is 10.8. The van der Waals surface area contributed by atoms with Crippen molar-refractivity contribution in [1.29, 1.82) is 0 Å². The predicted molar refractivity (Wildman–Crippen MR) is 69.4 cm³/mol. The Morgan fingerprint density at radius 2 is 2.11 bits per heavy atom. The molecule has 2 rings (SSSR count). The molecule has 1 fully saturated rings. The van der Waals surface area contributed by atoms with Gasteiger partial charge in [-0.15, -0.1) is 0 Å². The maximum atomic E-state index is 9.50. The van der Waals surface area contributed by atoms with Crippen molar-refractivity contribution in [2.45, 2.75) is 45.3 Å². The molecule has 1 saturated heterocycles. The van der Waals surface area contributed by atoms with Gasteiger partial charge < -0.3 is 15.1 Å². The Labute approximate surface area is 107 Å². The van der Waals surface area contributed by atoms with Crippen molar-refractivity contribution in [1.82, 2.24) is 9.97 Å². The van der Waals surface area contributed by atoms with E-state index in [4.69, 9.17) is 0 Å². The van der Waals surface area contributed by atoms with Crippen LogP contribution in [0.1, 0.15) is 37.1 Å². The molecule has 1 aliphatic rings. The minimum absolute atomic E-state index is 0.0754. The van der Waals surface area contributed by atoms with Crippen molar-refractivity contribution in [3.8, 4) is 0 Å². The predicted octanol–water partition coefficient (Wildman–Crippen LogP) is 1.02. The number of aliphatic hydroxyl groups excluding tert-OH is 2. The summed E-state index contributed by atoms with van der Waals surface area (Å²) in [6.45, 7) is 2.83. The van der Waals surface area contributed by atoms with Crippen molar-refractivity contribution < 1.29 is 10.2 Å². The third-order valence-electron chi connectivity index (χ3n) is 3.40. The zero-order valence-electron chi connectivity index (χ0n) is 10.8. The summed E-state index contributed by atoms with van der Waals surface area (Å²) in [5.41, 5.74) is 1.49. The second-order valence-electron chi connectivity index (χ2n) is 4.84. The third kappa shape index (κ3) is 2.97. The van der Waals surface area contributed by atoms with Gasteiger partial charge >= 0.3 is 0 Å². The molecule has 2 heterocycles. The lowest BCUT2D eigenvalue weighted by Gasteiger charge is -2.29. The lowest BCUT2D eigenvalue weighted by molar-refractivity contribution is 0.253.